The summed E-state index contributed by atoms with van der Waals surface area (Å²) in [6.45, 7) is 0.378. The topological polar surface area (TPSA) is 80.8 Å². The average Bonchev–Trinajstić information content (AvgIpc) is 3.08. The molecule has 0 atom stereocenters. The van der Waals surface area contributed by atoms with Gasteiger partial charge in [-0.2, -0.15) is 0 Å². The summed E-state index contributed by atoms with van der Waals surface area (Å²) >= 11 is 0. The Balaban J connectivity index is 1.31. The number of fused-ring (bicyclic) bond motifs is 1. The van der Waals surface area contributed by atoms with Crippen molar-refractivity contribution in [1.29, 1.82) is 0 Å². The molecular formula is C26H21NO5. The van der Waals surface area contributed by atoms with Gasteiger partial charge in [0.2, 0.25) is 0 Å². The van der Waals surface area contributed by atoms with E-state index in [2.05, 4.69) is 0 Å². The molecule has 0 unspecified atom stereocenters. The first-order valence-electron chi connectivity index (χ1n) is 10.4. The van der Waals surface area contributed by atoms with Gasteiger partial charge in [0.1, 0.15) is 0 Å². The van der Waals surface area contributed by atoms with E-state index in [4.69, 9.17) is 4.74 Å². The van der Waals surface area contributed by atoms with Crippen molar-refractivity contribution in [2.45, 2.75) is 12.8 Å². The first kappa shape index (κ1) is 21.2. The van der Waals surface area contributed by atoms with Crippen LogP contribution < -0.4 is 0 Å². The number of amides is 2. The molecule has 2 amide bonds. The number of ether oxygens (including phenoxy) is 1. The molecule has 3 aromatic rings. The van der Waals surface area contributed by atoms with Gasteiger partial charge in [0, 0.05) is 17.7 Å². The molecule has 1 aliphatic rings. The van der Waals surface area contributed by atoms with E-state index in [1.54, 1.807) is 72.8 Å². The van der Waals surface area contributed by atoms with Gasteiger partial charge in [0.05, 0.1) is 23.3 Å². The largest absolute Gasteiger partial charge is 0.462 e. The number of esters is 1. The standard InChI is InChI=1S/C26H21NO5/c28-23(18-10-2-1-3-11-18)19-12-4-7-15-22(19)26(31)32-17-9-8-16-27-24(29)20-13-5-6-14-21(20)25(27)30/h1-7,10-15H,8-9,16-17H2. The summed E-state index contributed by atoms with van der Waals surface area (Å²) < 4.78 is 5.36. The van der Waals surface area contributed by atoms with Crippen LogP contribution in [0, 0.1) is 0 Å². The van der Waals surface area contributed by atoms with Crippen molar-refractivity contribution in [2.24, 2.45) is 0 Å². The van der Waals surface area contributed by atoms with E-state index in [0.717, 1.165) is 0 Å². The summed E-state index contributed by atoms with van der Waals surface area (Å²) in [7, 11) is 0. The van der Waals surface area contributed by atoms with Crippen molar-refractivity contribution in [3.63, 3.8) is 0 Å². The van der Waals surface area contributed by atoms with Crippen LogP contribution in [-0.4, -0.2) is 41.6 Å². The number of benzene rings is 3. The molecule has 0 saturated heterocycles. The van der Waals surface area contributed by atoms with Crippen LogP contribution in [0.2, 0.25) is 0 Å². The summed E-state index contributed by atoms with van der Waals surface area (Å²) in [5.41, 5.74) is 1.83. The quantitative estimate of drug-likeness (QED) is 0.233. The van der Waals surface area contributed by atoms with Gasteiger partial charge in [-0.05, 0) is 31.0 Å². The minimum atomic E-state index is -0.578. The Hall–Kier alpha value is -4.06. The van der Waals surface area contributed by atoms with Gasteiger partial charge in [0.15, 0.2) is 5.78 Å². The fraction of sp³-hybridized carbons (Fsp3) is 0.154. The predicted octanol–water partition coefficient (Wildman–Crippen LogP) is 4.15. The highest BCUT2D eigenvalue weighted by atomic mass is 16.5. The van der Waals surface area contributed by atoms with Crippen LogP contribution in [0.5, 0.6) is 0 Å². The highest BCUT2D eigenvalue weighted by molar-refractivity contribution is 6.21. The van der Waals surface area contributed by atoms with Gasteiger partial charge >= 0.3 is 5.97 Å². The molecule has 0 aromatic heterocycles. The molecule has 0 spiro atoms. The molecule has 0 fully saturated rings. The fourth-order valence-corrected chi connectivity index (χ4v) is 3.66. The number of hydrogen-bond donors (Lipinski definition) is 0. The minimum Gasteiger partial charge on any atom is -0.462 e. The highest BCUT2D eigenvalue weighted by Gasteiger charge is 2.34. The molecule has 1 heterocycles. The Bertz CT molecular complexity index is 1150. The van der Waals surface area contributed by atoms with Crippen LogP contribution in [-0.2, 0) is 4.74 Å². The first-order valence-corrected chi connectivity index (χ1v) is 10.4. The van der Waals surface area contributed by atoms with Crippen LogP contribution in [0.4, 0.5) is 0 Å². The van der Waals surface area contributed by atoms with Crippen molar-refractivity contribution >= 4 is 23.6 Å². The van der Waals surface area contributed by atoms with Crippen molar-refractivity contribution in [3.8, 4) is 0 Å². The maximum absolute atomic E-state index is 12.8. The van der Waals surface area contributed by atoms with E-state index in [0.29, 0.717) is 29.5 Å². The first-order chi connectivity index (χ1) is 15.6. The Kier molecular flexibility index (Phi) is 6.22. The van der Waals surface area contributed by atoms with Crippen LogP contribution in [0.15, 0.2) is 78.9 Å². The van der Waals surface area contributed by atoms with Gasteiger partial charge in [-0.15, -0.1) is 0 Å². The van der Waals surface area contributed by atoms with Crippen molar-refractivity contribution in [2.75, 3.05) is 13.2 Å². The predicted molar refractivity (Wildman–Crippen MR) is 118 cm³/mol. The normalized spacial score (nSPS) is 12.6. The lowest BCUT2D eigenvalue weighted by atomic mass is 9.98. The summed E-state index contributed by atoms with van der Waals surface area (Å²) in [6.07, 6.45) is 0.983. The van der Waals surface area contributed by atoms with E-state index < -0.39 is 5.97 Å². The van der Waals surface area contributed by atoms with Crippen LogP contribution in [0.1, 0.15) is 59.8 Å². The summed E-state index contributed by atoms with van der Waals surface area (Å²) in [5, 5.41) is 0. The number of imide groups is 1. The maximum Gasteiger partial charge on any atom is 0.338 e. The molecular weight excluding hydrogens is 406 g/mol. The molecule has 4 rings (SSSR count). The number of hydrogen-bond acceptors (Lipinski definition) is 5. The van der Waals surface area contributed by atoms with E-state index in [1.165, 1.54) is 4.90 Å². The average molecular weight is 427 g/mol. The third-order valence-electron chi connectivity index (χ3n) is 5.31. The molecule has 0 bridgehead atoms. The number of rotatable bonds is 8. The number of ketones is 1. The van der Waals surface area contributed by atoms with Crippen molar-refractivity contribution in [3.05, 3.63) is 107 Å². The monoisotopic (exact) mass is 427 g/mol. The Morgan fingerprint density at radius 3 is 1.91 bits per heavy atom. The van der Waals surface area contributed by atoms with E-state index >= 15 is 0 Å². The zero-order chi connectivity index (χ0) is 22.5. The fourth-order valence-electron chi connectivity index (χ4n) is 3.66. The third-order valence-corrected chi connectivity index (χ3v) is 5.31. The lowest BCUT2D eigenvalue weighted by molar-refractivity contribution is 0.0483. The zero-order valence-corrected chi connectivity index (χ0v) is 17.3. The van der Waals surface area contributed by atoms with Crippen LogP contribution in [0.3, 0.4) is 0 Å². The summed E-state index contributed by atoms with van der Waals surface area (Å²) in [5.74, 6) is -1.42. The van der Waals surface area contributed by atoms with E-state index in [9.17, 15) is 19.2 Å². The van der Waals surface area contributed by atoms with Gasteiger partial charge in [0.25, 0.3) is 11.8 Å². The minimum absolute atomic E-state index is 0.121. The summed E-state index contributed by atoms with van der Waals surface area (Å²) in [4.78, 5) is 51.3. The Morgan fingerprint density at radius 1 is 0.688 bits per heavy atom. The van der Waals surface area contributed by atoms with Gasteiger partial charge in [-0.25, -0.2) is 4.79 Å². The highest BCUT2D eigenvalue weighted by Crippen LogP contribution is 2.22. The van der Waals surface area contributed by atoms with Crippen molar-refractivity contribution < 1.29 is 23.9 Å². The lowest BCUT2D eigenvalue weighted by Gasteiger charge is -2.13. The SMILES string of the molecule is O=C(OCCCCN1C(=O)c2ccccc2C1=O)c1ccccc1C(=O)c1ccccc1. The summed E-state index contributed by atoms with van der Waals surface area (Å²) in [6, 6.07) is 22.1. The molecule has 0 N–H and O–H groups in total. The third kappa shape index (κ3) is 4.21. The number of unbranched alkanes of at least 4 members (excludes halogenated alkanes) is 1. The Morgan fingerprint density at radius 2 is 1.25 bits per heavy atom. The molecule has 0 radical (unpaired) electrons. The van der Waals surface area contributed by atoms with Gasteiger partial charge < -0.3 is 4.74 Å². The lowest BCUT2D eigenvalue weighted by Crippen LogP contribution is -2.30. The zero-order valence-electron chi connectivity index (χ0n) is 17.3. The van der Waals surface area contributed by atoms with Crippen molar-refractivity contribution in [1.82, 2.24) is 4.90 Å². The number of carbonyl (C=O) groups excluding carboxylic acids is 4. The Labute approximate surface area is 185 Å². The smallest absolute Gasteiger partial charge is 0.338 e. The maximum atomic E-state index is 12.8. The molecule has 6 nitrogen and oxygen atoms in total. The second-order valence-electron chi connectivity index (χ2n) is 7.39. The molecule has 32 heavy (non-hydrogen) atoms. The van der Waals surface area contributed by atoms with Crippen LogP contribution >= 0.6 is 0 Å². The van der Waals surface area contributed by atoms with E-state index in [-0.39, 0.29) is 41.9 Å². The molecule has 0 aliphatic carbocycles. The molecule has 3 aromatic carbocycles. The van der Waals surface area contributed by atoms with Gasteiger partial charge in [-0.1, -0.05) is 60.7 Å². The second-order valence-corrected chi connectivity index (χ2v) is 7.39. The molecule has 160 valence electrons. The molecule has 1 aliphatic heterocycles. The second kappa shape index (κ2) is 9.39. The van der Waals surface area contributed by atoms with Crippen LogP contribution in [0.25, 0.3) is 0 Å². The molecule has 0 saturated carbocycles. The van der Waals surface area contributed by atoms with E-state index in [1.807, 2.05) is 6.07 Å². The van der Waals surface area contributed by atoms with Gasteiger partial charge in [-0.3, -0.25) is 19.3 Å². The molecule has 6 heteroatoms. The number of carbonyl (C=O) groups is 4. The number of nitrogens with zero attached hydrogens (tertiary/aromatic N) is 1.